The second kappa shape index (κ2) is 9.40. The van der Waals surface area contributed by atoms with Crippen LogP contribution in [0.5, 0.6) is 0 Å². The van der Waals surface area contributed by atoms with Gasteiger partial charge in [0.15, 0.2) is 0 Å². The average Bonchev–Trinajstić information content (AvgIpc) is 3.80. The van der Waals surface area contributed by atoms with Gasteiger partial charge in [-0.15, -0.1) is 0 Å². The summed E-state index contributed by atoms with van der Waals surface area (Å²) >= 11 is 0. The molecule has 4 bridgehead atoms. The van der Waals surface area contributed by atoms with Crippen molar-refractivity contribution in [3.8, 4) is 0 Å². The van der Waals surface area contributed by atoms with Crippen molar-refractivity contribution >= 4 is 8.07 Å². The molecule has 6 aromatic carbocycles. The number of rotatable bonds is 4. The minimum absolute atomic E-state index is 0.0941. The van der Waals surface area contributed by atoms with E-state index >= 15 is 0 Å². The van der Waals surface area contributed by atoms with E-state index in [4.69, 9.17) is 0 Å². The van der Waals surface area contributed by atoms with Crippen LogP contribution in [0, 0.1) is 0 Å². The van der Waals surface area contributed by atoms with E-state index in [1.807, 2.05) is 0 Å². The monoisotopic (exact) mass is 644 g/mol. The molecule has 1 heterocycles. The number of benzene rings is 6. The van der Waals surface area contributed by atoms with Gasteiger partial charge in [-0.3, -0.25) is 0 Å². The van der Waals surface area contributed by atoms with Crippen LogP contribution in [-0.4, -0.2) is 8.07 Å². The molecule has 6 aromatic rings. The van der Waals surface area contributed by atoms with Gasteiger partial charge in [0, 0.05) is 22.7 Å². The van der Waals surface area contributed by atoms with Crippen LogP contribution in [-0.2, 0) is 10.8 Å². The van der Waals surface area contributed by atoms with Crippen molar-refractivity contribution in [2.45, 2.75) is 71.5 Å². The summed E-state index contributed by atoms with van der Waals surface area (Å²) in [5.41, 5.74) is 20.6. The third-order valence-corrected chi connectivity index (χ3v) is 21.0. The Morgan fingerprint density at radius 3 is 0.878 bits per heavy atom. The second-order valence-electron chi connectivity index (χ2n) is 16.3. The fraction of sp³-hybridized carbons (Fsp3) is 0.250. The van der Waals surface area contributed by atoms with E-state index in [9.17, 15) is 0 Å². The maximum absolute atomic E-state index is 2.53. The number of hydrogen-bond acceptors (Lipinski definition) is 0. The first-order chi connectivity index (χ1) is 24.3. The summed E-state index contributed by atoms with van der Waals surface area (Å²) in [6.07, 6.45) is 5.69. The van der Waals surface area contributed by atoms with Crippen molar-refractivity contribution in [2.24, 2.45) is 0 Å². The molecule has 236 valence electrons. The lowest BCUT2D eigenvalue weighted by atomic mass is 9.53. The van der Waals surface area contributed by atoms with Gasteiger partial charge in [-0.2, -0.15) is 0 Å². The molecule has 0 N–H and O–H groups in total. The van der Waals surface area contributed by atoms with Gasteiger partial charge in [-0.05, 0) is 89.9 Å². The summed E-state index contributed by atoms with van der Waals surface area (Å²) in [6, 6.07) is 60.5. The third-order valence-electron chi connectivity index (χ3n) is 14.7. The van der Waals surface area contributed by atoms with Crippen LogP contribution in [0.4, 0.5) is 0 Å². The minimum Gasteiger partial charge on any atom is -0.0619 e. The van der Waals surface area contributed by atoms with Crippen molar-refractivity contribution in [2.75, 3.05) is 0 Å². The van der Waals surface area contributed by atoms with Gasteiger partial charge in [0.05, 0.1) is 8.07 Å². The molecule has 0 amide bonds. The van der Waals surface area contributed by atoms with E-state index in [1.54, 1.807) is 66.8 Å². The van der Waals surface area contributed by atoms with E-state index in [0.717, 1.165) is 11.1 Å². The SMILES string of the molecule is c1ccc2c(c1)C1c3ccccc3C2(C[Si]2(CC34c5ccccc5C(c5ccccc53)c3ccccc34)C3CCCCC32)c2ccccc21. The van der Waals surface area contributed by atoms with Crippen molar-refractivity contribution in [1.29, 1.82) is 0 Å². The highest BCUT2D eigenvalue weighted by Gasteiger charge is 2.72. The van der Waals surface area contributed by atoms with Crippen LogP contribution < -0.4 is 0 Å². The van der Waals surface area contributed by atoms with E-state index < -0.39 is 8.07 Å². The third kappa shape index (κ3) is 3.15. The summed E-state index contributed by atoms with van der Waals surface area (Å²) in [5, 5.41) is 0. The van der Waals surface area contributed by atoms with Gasteiger partial charge in [0.25, 0.3) is 0 Å². The van der Waals surface area contributed by atoms with Crippen LogP contribution in [0.3, 0.4) is 0 Å². The molecular weight excluding hydrogens is 605 g/mol. The van der Waals surface area contributed by atoms with Crippen molar-refractivity contribution in [3.05, 3.63) is 212 Å². The highest BCUT2D eigenvalue weighted by molar-refractivity contribution is 6.93. The Morgan fingerprint density at radius 1 is 0.367 bits per heavy atom. The maximum atomic E-state index is 2.53. The molecule has 49 heavy (non-hydrogen) atoms. The van der Waals surface area contributed by atoms with E-state index in [1.165, 1.54) is 37.8 Å². The summed E-state index contributed by atoms with van der Waals surface area (Å²) < 4.78 is 0. The average molecular weight is 645 g/mol. The topological polar surface area (TPSA) is 0 Å². The Hall–Kier alpha value is -4.46. The van der Waals surface area contributed by atoms with Crippen molar-refractivity contribution < 1.29 is 0 Å². The predicted octanol–water partition coefficient (Wildman–Crippen LogP) is 11.4. The maximum Gasteiger partial charge on any atom is 0.0628 e. The summed E-state index contributed by atoms with van der Waals surface area (Å²) in [4.78, 5) is 0. The Morgan fingerprint density at radius 2 is 0.612 bits per heavy atom. The standard InChI is InChI=1S/C48H40Si/c1-7-21-37-31(15-1)45-32-16-2-8-22-38(32)47(37,39-23-9-3-17-33(39)45)29-49(43-27-13-14-28-44(43)49)30-48-40-24-10-4-18-34(40)46(35-19-5-11-25-41(35)48)36-20-6-12-26-42(36)48/h1-12,15-26,43-46H,13-14,27-30H2. The molecule has 2 unspecified atom stereocenters. The lowest BCUT2D eigenvalue weighted by Gasteiger charge is -2.55. The molecule has 1 heteroatoms. The molecule has 2 fully saturated rings. The fourth-order valence-electron chi connectivity index (χ4n) is 13.2. The molecule has 0 spiro atoms. The van der Waals surface area contributed by atoms with E-state index in [-0.39, 0.29) is 10.8 Å². The first kappa shape index (κ1) is 27.4. The Bertz CT molecular complexity index is 1960. The van der Waals surface area contributed by atoms with Gasteiger partial charge in [0.1, 0.15) is 0 Å². The molecule has 2 atom stereocenters. The fourth-order valence-corrected chi connectivity index (χ4v) is 21.5. The van der Waals surface area contributed by atoms with E-state index in [2.05, 4.69) is 146 Å². The number of fused-ring (bicyclic) bond motifs is 1. The first-order valence-corrected chi connectivity index (χ1v) is 21.4. The highest BCUT2D eigenvalue weighted by atomic mass is 28.3. The lowest BCUT2D eigenvalue weighted by Crippen LogP contribution is -2.50. The van der Waals surface area contributed by atoms with Crippen LogP contribution in [0.15, 0.2) is 146 Å². The number of hydrogen-bond donors (Lipinski definition) is 0. The Kier molecular flexibility index (Phi) is 5.25. The molecule has 14 rings (SSSR count). The zero-order valence-electron chi connectivity index (χ0n) is 27.9. The van der Waals surface area contributed by atoms with E-state index in [0.29, 0.717) is 11.8 Å². The molecule has 7 aliphatic carbocycles. The van der Waals surface area contributed by atoms with Crippen LogP contribution in [0.1, 0.15) is 104 Å². The molecule has 1 aliphatic heterocycles. The zero-order chi connectivity index (χ0) is 32.0. The molecule has 0 nitrogen and oxygen atoms in total. The molecule has 1 saturated carbocycles. The van der Waals surface area contributed by atoms with Crippen LogP contribution in [0.25, 0.3) is 0 Å². The summed E-state index contributed by atoms with van der Waals surface area (Å²) in [7, 11) is -1.97. The quantitative estimate of drug-likeness (QED) is 0.168. The van der Waals surface area contributed by atoms with Gasteiger partial charge >= 0.3 is 0 Å². The predicted molar refractivity (Wildman–Crippen MR) is 202 cm³/mol. The summed E-state index contributed by atoms with van der Waals surface area (Å²) in [6.45, 7) is 0. The largest absolute Gasteiger partial charge is 0.0628 e. The Balaban J connectivity index is 1.15. The molecule has 1 saturated heterocycles. The van der Waals surface area contributed by atoms with Gasteiger partial charge in [-0.1, -0.05) is 171 Å². The van der Waals surface area contributed by atoms with Crippen LogP contribution >= 0.6 is 0 Å². The minimum atomic E-state index is -1.97. The van der Waals surface area contributed by atoms with Crippen LogP contribution in [0.2, 0.25) is 23.2 Å². The zero-order valence-corrected chi connectivity index (χ0v) is 28.9. The second-order valence-corrected chi connectivity index (χ2v) is 20.9. The van der Waals surface area contributed by atoms with Gasteiger partial charge in [0.2, 0.25) is 0 Å². The summed E-state index contributed by atoms with van der Waals surface area (Å²) in [5.74, 6) is 0.671. The first-order valence-electron chi connectivity index (χ1n) is 18.8. The van der Waals surface area contributed by atoms with Gasteiger partial charge in [-0.25, -0.2) is 0 Å². The van der Waals surface area contributed by atoms with Gasteiger partial charge < -0.3 is 0 Å². The smallest absolute Gasteiger partial charge is 0.0619 e. The van der Waals surface area contributed by atoms with Crippen molar-refractivity contribution in [3.63, 3.8) is 0 Å². The molecule has 0 radical (unpaired) electrons. The molecule has 8 aliphatic rings. The molecular formula is C48H40Si. The highest BCUT2D eigenvalue weighted by Crippen LogP contribution is 2.78. The lowest BCUT2D eigenvalue weighted by molar-refractivity contribution is 0.561. The molecule has 0 aromatic heterocycles. The normalized spacial score (nSPS) is 31.3. The Labute approximate surface area is 290 Å². The van der Waals surface area contributed by atoms with Crippen molar-refractivity contribution in [1.82, 2.24) is 0 Å².